The van der Waals surface area contributed by atoms with Crippen LogP contribution in [0.15, 0.2) is 65.7 Å². The molecule has 25 heavy (non-hydrogen) atoms. The van der Waals surface area contributed by atoms with Crippen molar-refractivity contribution in [3.8, 4) is 5.75 Å². The highest BCUT2D eigenvalue weighted by atomic mass is 79.9. The first-order valence-electron chi connectivity index (χ1n) is 7.80. The predicted octanol–water partition coefficient (Wildman–Crippen LogP) is 4.22. The van der Waals surface area contributed by atoms with Gasteiger partial charge in [-0.15, -0.1) is 0 Å². The maximum Gasteiger partial charge on any atom is 0.330 e. The Kier molecular flexibility index (Phi) is 5.36. The third kappa shape index (κ3) is 3.83. The summed E-state index contributed by atoms with van der Waals surface area (Å²) in [6, 6.07) is 16.0. The maximum atomic E-state index is 11.3. The second-order valence-electron chi connectivity index (χ2n) is 5.55. The summed E-state index contributed by atoms with van der Waals surface area (Å²) >= 11 is 3.49. The molecule has 0 heterocycles. The van der Waals surface area contributed by atoms with E-state index in [1.54, 1.807) is 0 Å². The largest absolute Gasteiger partial charge is 0.488 e. The van der Waals surface area contributed by atoms with Gasteiger partial charge in [0.15, 0.2) is 6.10 Å². The van der Waals surface area contributed by atoms with E-state index >= 15 is 0 Å². The van der Waals surface area contributed by atoms with Gasteiger partial charge in [-0.3, -0.25) is 0 Å². The van der Waals surface area contributed by atoms with E-state index in [-0.39, 0.29) is 13.2 Å². The number of benzene rings is 3. The molecule has 0 aliphatic carbocycles. The summed E-state index contributed by atoms with van der Waals surface area (Å²) in [6.45, 7) is 3.08. The number of fused-ring (bicyclic) bond motifs is 2. The van der Waals surface area contributed by atoms with Crippen LogP contribution >= 0.6 is 15.9 Å². The third-order valence-corrected chi connectivity index (χ3v) is 4.33. The van der Waals surface area contributed by atoms with E-state index in [1.807, 2.05) is 42.5 Å². The van der Waals surface area contributed by atoms with E-state index in [0.717, 1.165) is 32.1 Å². The second-order valence-corrected chi connectivity index (χ2v) is 6.46. The number of aliphatic hydroxyl groups is 1. The van der Waals surface area contributed by atoms with Crippen molar-refractivity contribution >= 4 is 43.4 Å². The van der Waals surface area contributed by atoms with Gasteiger partial charge in [-0.25, -0.2) is 4.79 Å². The molecule has 0 amide bonds. The third-order valence-electron chi connectivity index (χ3n) is 3.84. The van der Waals surface area contributed by atoms with Gasteiger partial charge in [0.05, 0.1) is 6.61 Å². The summed E-state index contributed by atoms with van der Waals surface area (Å²) in [6.07, 6.45) is 0.308. The maximum absolute atomic E-state index is 11.3. The molecule has 0 saturated heterocycles. The van der Waals surface area contributed by atoms with Gasteiger partial charge in [0.25, 0.3) is 0 Å². The topological polar surface area (TPSA) is 55.8 Å². The van der Waals surface area contributed by atoms with Crippen molar-refractivity contribution in [3.63, 3.8) is 0 Å². The molecule has 0 spiro atoms. The van der Waals surface area contributed by atoms with Crippen molar-refractivity contribution in [3.05, 3.63) is 65.7 Å². The Morgan fingerprint density at radius 3 is 2.68 bits per heavy atom. The summed E-state index contributed by atoms with van der Waals surface area (Å²) < 4.78 is 12.0. The van der Waals surface area contributed by atoms with Gasteiger partial charge in [-0.2, -0.15) is 0 Å². The molecule has 0 fully saturated rings. The van der Waals surface area contributed by atoms with Gasteiger partial charge in [0.2, 0.25) is 0 Å². The van der Waals surface area contributed by atoms with Crippen LogP contribution in [0.25, 0.3) is 21.5 Å². The fourth-order valence-corrected chi connectivity index (χ4v) is 3.05. The molecule has 3 aromatic carbocycles. The van der Waals surface area contributed by atoms with E-state index in [0.29, 0.717) is 5.75 Å². The summed E-state index contributed by atoms with van der Waals surface area (Å²) in [5.74, 6) is 0.114. The predicted molar refractivity (Wildman–Crippen MR) is 102 cm³/mol. The Balaban J connectivity index is 2.00. The Labute approximate surface area is 153 Å². The minimum absolute atomic E-state index is 0.0508. The van der Waals surface area contributed by atoms with Crippen LogP contribution in [0.1, 0.15) is 0 Å². The van der Waals surface area contributed by atoms with Crippen molar-refractivity contribution in [2.24, 2.45) is 0 Å². The first-order valence-corrected chi connectivity index (χ1v) is 8.59. The van der Waals surface area contributed by atoms with Crippen LogP contribution in [-0.2, 0) is 9.53 Å². The fourth-order valence-electron chi connectivity index (χ4n) is 2.67. The van der Waals surface area contributed by atoms with Gasteiger partial charge in [-0.1, -0.05) is 46.8 Å². The molecular formula is C20H17BrO4. The van der Waals surface area contributed by atoms with Crippen molar-refractivity contribution < 1.29 is 19.4 Å². The van der Waals surface area contributed by atoms with E-state index in [1.165, 1.54) is 0 Å². The highest BCUT2D eigenvalue weighted by Crippen LogP contribution is 2.36. The van der Waals surface area contributed by atoms with Gasteiger partial charge in [-0.05, 0) is 35.0 Å². The number of carbonyl (C=O) groups excluding carboxylic acids is 1. The number of carbonyl (C=O) groups is 1. The highest BCUT2D eigenvalue weighted by molar-refractivity contribution is 9.10. The van der Waals surface area contributed by atoms with Crippen LogP contribution in [0.5, 0.6) is 5.75 Å². The lowest BCUT2D eigenvalue weighted by atomic mass is 10.0. The first kappa shape index (κ1) is 17.5. The number of esters is 1. The average molecular weight is 401 g/mol. The van der Waals surface area contributed by atoms with E-state index < -0.39 is 12.1 Å². The smallest absolute Gasteiger partial charge is 0.330 e. The lowest BCUT2D eigenvalue weighted by molar-refractivity contribution is -0.146. The minimum atomic E-state index is -0.755. The van der Waals surface area contributed by atoms with E-state index in [4.69, 9.17) is 9.47 Å². The molecule has 0 radical (unpaired) electrons. The Morgan fingerprint density at radius 1 is 1.16 bits per heavy atom. The first-order chi connectivity index (χ1) is 12.1. The zero-order valence-corrected chi connectivity index (χ0v) is 15.0. The Bertz CT molecular complexity index is 936. The number of halogens is 1. The molecule has 0 bridgehead atoms. The normalized spacial score (nSPS) is 12.1. The average Bonchev–Trinajstić information content (AvgIpc) is 2.63. The molecule has 0 aliphatic heterocycles. The van der Waals surface area contributed by atoms with Gasteiger partial charge in [0, 0.05) is 21.3 Å². The molecule has 0 saturated carbocycles. The lowest BCUT2D eigenvalue weighted by Crippen LogP contribution is -2.27. The molecule has 3 aromatic rings. The van der Waals surface area contributed by atoms with Crippen LogP contribution < -0.4 is 4.74 Å². The number of hydrogen-bond donors (Lipinski definition) is 1. The number of ether oxygens (including phenoxy) is 2. The second kappa shape index (κ2) is 7.68. The summed E-state index contributed by atoms with van der Waals surface area (Å²) in [7, 11) is 0. The van der Waals surface area contributed by atoms with Crippen LogP contribution in [0.2, 0.25) is 0 Å². The SMILES string of the molecule is C=CC(=O)OC(CO)COc1c2ccccc2cc2cc(Br)ccc12. The van der Waals surface area contributed by atoms with Gasteiger partial charge in [0.1, 0.15) is 12.4 Å². The standard InChI is InChI=1S/C20H17BrO4/c1-2-19(23)25-16(11-22)12-24-20-17-6-4-3-5-13(17)9-14-10-15(21)7-8-18(14)20/h2-10,16,22H,1,11-12H2. The monoisotopic (exact) mass is 400 g/mol. The molecule has 3 rings (SSSR count). The minimum Gasteiger partial charge on any atom is -0.488 e. The van der Waals surface area contributed by atoms with Crippen LogP contribution in [0.3, 0.4) is 0 Å². The highest BCUT2D eigenvalue weighted by Gasteiger charge is 2.15. The molecule has 0 aromatic heterocycles. The summed E-state index contributed by atoms with van der Waals surface area (Å²) in [5, 5.41) is 13.4. The van der Waals surface area contributed by atoms with E-state index in [9.17, 15) is 9.90 Å². The van der Waals surface area contributed by atoms with Crippen LogP contribution in [-0.4, -0.2) is 30.4 Å². The van der Waals surface area contributed by atoms with E-state index in [2.05, 4.69) is 28.6 Å². The van der Waals surface area contributed by atoms with Crippen molar-refractivity contribution in [1.82, 2.24) is 0 Å². The molecule has 0 aliphatic rings. The quantitative estimate of drug-likeness (QED) is 0.382. The van der Waals surface area contributed by atoms with Crippen LogP contribution in [0, 0.1) is 0 Å². The van der Waals surface area contributed by atoms with Gasteiger partial charge >= 0.3 is 5.97 Å². The molecule has 5 heteroatoms. The lowest BCUT2D eigenvalue weighted by Gasteiger charge is -2.18. The zero-order chi connectivity index (χ0) is 17.8. The number of hydrogen-bond acceptors (Lipinski definition) is 4. The number of aliphatic hydroxyl groups excluding tert-OH is 1. The Hall–Kier alpha value is -2.37. The molecule has 1 N–H and O–H groups in total. The number of rotatable bonds is 6. The fraction of sp³-hybridized carbons (Fsp3) is 0.150. The molecule has 128 valence electrons. The zero-order valence-electron chi connectivity index (χ0n) is 13.4. The van der Waals surface area contributed by atoms with Crippen molar-refractivity contribution in [2.75, 3.05) is 13.2 Å². The Morgan fingerprint density at radius 2 is 1.92 bits per heavy atom. The van der Waals surface area contributed by atoms with Gasteiger partial charge < -0.3 is 14.6 Å². The molecule has 4 nitrogen and oxygen atoms in total. The van der Waals surface area contributed by atoms with Crippen molar-refractivity contribution in [2.45, 2.75) is 6.10 Å². The molecule has 1 atom stereocenters. The molecule has 1 unspecified atom stereocenters. The van der Waals surface area contributed by atoms with Crippen LogP contribution in [0.4, 0.5) is 0 Å². The van der Waals surface area contributed by atoms with Crippen molar-refractivity contribution in [1.29, 1.82) is 0 Å². The summed E-state index contributed by atoms with van der Waals surface area (Å²) in [5.41, 5.74) is 0. The summed E-state index contributed by atoms with van der Waals surface area (Å²) in [4.78, 5) is 11.3. The molecular weight excluding hydrogens is 384 g/mol.